The highest BCUT2D eigenvalue weighted by molar-refractivity contribution is 5.88. The smallest absolute Gasteiger partial charge is 0.264 e. The van der Waals surface area contributed by atoms with Gasteiger partial charge in [0.1, 0.15) is 17.6 Å². The zero-order chi connectivity index (χ0) is 16.0. The molecule has 0 radical (unpaired) electrons. The average Bonchev–Trinajstić information content (AvgIpc) is 2.45. The minimum atomic E-state index is -0.585. The molecule has 0 aromatic carbocycles. The van der Waals surface area contributed by atoms with Crippen LogP contribution in [0.5, 0.6) is 0 Å². The summed E-state index contributed by atoms with van der Waals surface area (Å²) >= 11 is 0. The number of H-pyrrole nitrogens is 1. The number of anilines is 1. The topological polar surface area (TPSA) is 107 Å². The maximum atomic E-state index is 12.4. The fraction of sp³-hybridized carbons (Fsp3) is 0.538. The number of nitrogens with zero attached hydrogens (tertiary/aromatic N) is 2. The van der Waals surface area contributed by atoms with Gasteiger partial charge in [-0.15, -0.1) is 0 Å². The molecule has 0 saturated carbocycles. The highest BCUT2D eigenvalue weighted by Crippen LogP contribution is 2.06. The number of rotatable bonds is 7. The van der Waals surface area contributed by atoms with Gasteiger partial charge < -0.3 is 15.5 Å². The van der Waals surface area contributed by atoms with Crippen LogP contribution in [-0.2, 0) is 9.59 Å². The van der Waals surface area contributed by atoms with Crippen LogP contribution in [0.4, 0.5) is 5.82 Å². The number of aromatic nitrogens is 2. The number of carbonyl (C=O) groups excluding carboxylic acids is 2. The van der Waals surface area contributed by atoms with E-state index in [1.807, 2.05) is 0 Å². The van der Waals surface area contributed by atoms with Crippen molar-refractivity contribution in [1.82, 2.24) is 20.4 Å². The van der Waals surface area contributed by atoms with Crippen molar-refractivity contribution in [3.05, 3.63) is 22.5 Å². The molecule has 3 N–H and O–H groups in total. The molecule has 1 amide bonds. The van der Waals surface area contributed by atoms with Crippen LogP contribution < -0.4 is 16.2 Å². The summed E-state index contributed by atoms with van der Waals surface area (Å²) in [4.78, 5) is 36.1. The Morgan fingerprint density at radius 3 is 2.52 bits per heavy atom. The fourth-order valence-corrected chi connectivity index (χ4v) is 1.76. The lowest BCUT2D eigenvalue weighted by molar-refractivity contribution is -0.137. The summed E-state index contributed by atoms with van der Waals surface area (Å²) in [6, 6.07) is 2.22. The zero-order valence-electron chi connectivity index (χ0n) is 12.6. The summed E-state index contributed by atoms with van der Waals surface area (Å²) in [6.45, 7) is 4.94. The second-order valence-corrected chi connectivity index (χ2v) is 4.81. The molecule has 1 aromatic rings. The maximum Gasteiger partial charge on any atom is 0.264 e. The zero-order valence-corrected chi connectivity index (χ0v) is 12.6. The van der Waals surface area contributed by atoms with Crippen molar-refractivity contribution in [2.24, 2.45) is 0 Å². The van der Waals surface area contributed by atoms with E-state index < -0.39 is 6.04 Å². The number of hydrogen-bond donors (Lipinski definition) is 3. The van der Waals surface area contributed by atoms with Crippen molar-refractivity contribution in [1.29, 1.82) is 0 Å². The molecule has 8 heteroatoms. The molecule has 0 aliphatic carbocycles. The largest absolute Gasteiger partial charge is 0.357 e. The van der Waals surface area contributed by atoms with Gasteiger partial charge in [0.2, 0.25) is 5.91 Å². The minimum Gasteiger partial charge on any atom is -0.357 e. The van der Waals surface area contributed by atoms with Crippen LogP contribution in [0.3, 0.4) is 0 Å². The molecule has 0 fully saturated rings. The van der Waals surface area contributed by atoms with E-state index in [0.717, 1.165) is 0 Å². The summed E-state index contributed by atoms with van der Waals surface area (Å²) in [5.41, 5.74) is -0.318. The SMILES string of the molecule is CNC(C)N(CC(C)=O)C(=O)C(C)Nc1ccc(=O)[nH]n1. The molecular weight excluding hydrogens is 274 g/mol. The predicted molar refractivity (Wildman–Crippen MR) is 78.9 cm³/mol. The first-order valence-electron chi connectivity index (χ1n) is 6.64. The molecule has 8 nitrogen and oxygen atoms in total. The van der Waals surface area contributed by atoms with Crippen LogP contribution in [0.2, 0.25) is 0 Å². The van der Waals surface area contributed by atoms with E-state index in [1.54, 1.807) is 20.9 Å². The van der Waals surface area contributed by atoms with Crippen molar-refractivity contribution in [3.63, 3.8) is 0 Å². The van der Waals surface area contributed by atoms with Crippen molar-refractivity contribution in [2.75, 3.05) is 18.9 Å². The van der Waals surface area contributed by atoms with Crippen LogP contribution in [0.1, 0.15) is 20.8 Å². The molecule has 116 valence electrons. The molecule has 0 bridgehead atoms. The van der Waals surface area contributed by atoms with Crippen molar-refractivity contribution in [2.45, 2.75) is 33.0 Å². The Morgan fingerprint density at radius 1 is 1.38 bits per heavy atom. The van der Waals surface area contributed by atoms with E-state index in [1.165, 1.54) is 24.0 Å². The quantitative estimate of drug-likeness (QED) is 0.588. The monoisotopic (exact) mass is 295 g/mol. The Morgan fingerprint density at radius 2 is 2.05 bits per heavy atom. The van der Waals surface area contributed by atoms with Crippen LogP contribution in [0, 0.1) is 0 Å². The van der Waals surface area contributed by atoms with Crippen molar-refractivity contribution < 1.29 is 9.59 Å². The highest BCUT2D eigenvalue weighted by Gasteiger charge is 2.25. The lowest BCUT2D eigenvalue weighted by atomic mass is 10.2. The predicted octanol–water partition coefficient (Wildman–Crippen LogP) is -0.447. The van der Waals surface area contributed by atoms with Gasteiger partial charge in [-0.2, -0.15) is 5.10 Å². The molecule has 21 heavy (non-hydrogen) atoms. The summed E-state index contributed by atoms with van der Waals surface area (Å²) in [6.07, 6.45) is -0.269. The van der Waals surface area contributed by atoms with Gasteiger partial charge in [-0.3, -0.25) is 14.4 Å². The van der Waals surface area contributed by atoms with Gasteiger partial charge in [0.25, 0.3) is 5.56 Å². The molecule has 1 rings (SSSR count). The third-order valence-electron chi connectivity index (χ3n) is 2.98. The standard InChI is InChI=1S/C13H21N5O3/c1-8(19)7-18(10(3)14-4)13(21)9(2)15-11-5-6-12(20)17-16-11/h5-6,9-10,14H,7H2,1-4H3,(H,15,16)(H,17,20). The lowest BCUT2D eigenvalue weighted by Gasteiger charge is -2.30. The molecule has 0 saturated heterocycles. The van der Waals surface area contributed by atoms with E-state index >= 15 is 0 Å². The number of carbonyl (C=O) groups is 2. The van der Waals surface area contributed by atoms with E-state index in [-0.39, 0.29) is 30.0 Å². The Kier molecular flexibility index (Phi) is 6.04. The number of nitrogens with one attached hydrogen (secondary N) is 3. The molecule has 2 unspecified atom stereocenters. The van der Waals surface area contributed by atoms with Gasteiger partial charge in [0, 0.05) is 6.07 Å². The molecule has 1 heterocycles. The first-order chi connectivity index (χ1) is 9.85. The molecule has 0 spiro atoms. The maximum absolute atomic E-state index is 12.4. The molecular formula is C13H21N5O3. The Bertz CT molecular complexity index is 536. The molecule has 0 aliphatic rings. The van der Waals surface area contributed by atoms with Gasteiger partial charge in [0.15, 0.2) is 0 Å². The minimum absolute atomic E-state index is 0.0336. The summed E-state index contributed by atoms with van der Waals surface area (Å²) in [5.74, 6) is 0.0511. The Labute approximate surface area is 122 Å². The molecule has 0 aliphatic heterocycles. The Balaban J connectivity index is 2.79. The fourth-order valence-electron chi connectivity index (χ4n) is 1.76. The number of Topliss-reactive ketones (excluding diaryl/α,β-unsaturated/α-hetero) is 1. The number of hydrogen-bond acceptors (Lipinski definition) is 6. The second kappa shape index (κ2) is 7.53. The average molecular weight is 295 g/mol. The van der Waals surface area contributed by atoms with E-state index in [9.17, 15) is 14.4 Å². The molecule has 1 aromatic heterocycles. The van der Waals surface area contributed by atoms with Crippen molar-refractivity contribution in [3.8, 4) is 0 Å². The van der Waals surface area contributed by atoms with Crippen LogP contribution in [0.25, 0.3) is 0 Å². The third kappa shape index (κ3) is 4.99. The van der Waals surface area contributed by atoms with E-state index in [4.69, 9.17) is 0 Å². The highest BCUT2D eigenvalue weighted by atomic mass is 16.2. The van der Waals surface area contributed by atoms with Crippen molar-refractivity contribution >= 4 is 17.5 Å². The first kappa shape index (κ1) is 16.8. The third-order valence-corrected chi connectivity index (χ3v) is 2.98. The van der Waals surface area contributed by atoms with E-state index in [0.29, 0.717) is 5.82 Å². The first-order valence-corrected chi connectivity index (χ1v) is 6.64. The van der Waals surface area contributed by atoms with Gasteiger partial charge in [-0.05, 0) is 33.9 Å². The van der Waals surface area contributed by atoms with Crippen LogP contribution in [-0.4, -0.2) is 52.6 Å². The lowest BCUT2D eigenvalue weighted by Crippen LogP contribution is -2.52. The number of amides is 1. The summed E-state index contributed by atoms with van der Waals surface area (Å²) in [5, 5.41) is 11.9. The van der Waals surface area contributed by atoms with E-state index in [2.05, 4.69) is 20.8 Å². The second-order valence-electron chi connectivity index (χ2n) is 4.81. The summed E-state index contributed by atoms with van der Waals surface area (Å²) in [7, 11) is 1.71. The number of aromatic amines is 1. The van der Waals surface area contributed by atoms with Gasteiger partial charge in [0.05, 0.1) is 12.7 Å². The van der Waals surface area contributed by atoms with Crippen LogP contribution >= 0.6 is 0 Å². The Hall–Kier alpha value is -2.22. The summed E-state index contributed by atoms with van der Waals surface area (Å²) < 4.78 is 0. The number of ketones is 1. The van der Waals surface area contributed by atoms with Gasteiger partial charge in [-0.1, -0.05) is 0 Å². The molecule has 2 atom stereocenters. The normalized spacial score (nSPS) is 13.3. The van der Waals surface area contributed by atoms with Crippen LogP contribution in [0.15, 0.2) is 16.9 Å². The van der Waals surface area contributed by atoms with Gasteiger partial charge >= 0.3 is 0 Å². The van der Waals surface area contributed by atoms with Gasteiger partial charge in [-0.25, -0.2) is 5.10 Å².